The quantitative estimate of drug-likeness (QED) is 0.369. The molecule has 0 atom stereocenters. The van der Waals surface area contributed by atoms with Crippen LogP contribution < -0.4 is 20.1 Å². The number of hydrogen-bond acceptors (Lipinski definition) is 5. The molecule has 0 saturated carbocycles. The molecule has 1 rings (SSSR count). The normalized spacial score (nSPS) is 11.4. The van der Waals surface area contributed by atoms with Gasteiger partial charge in [-0.2, -0.15) is 0 Å². The molecule has 9 heteroatoms. The predicted octanol–water partition coefficient (Wildman–Crippen LogP) is 1.74. The standard InChI is InChI=1S/C14H23N3O4S.HI/c1-5-21-12-7-6-11(10-13(12)20-3)17-14(15-2)16-8-9-22(4,18)19;/h6-7,10H,5,8-9H2,1-4H3,(H2,15,16,17);1H. The lowest BCUT2D eigenvalue weighted by Crippen LogP contribution is -2.34. The average Bonchev–Trinajstić information content (AvgIpc) is 2.46. The number of nitrogens with one attached hydrogen (secondary N) is 2. The van der Waals surface area contributed by atoms with E-state index in [2.05, 4.69) is 15.6 Å². The molecule has 2 N–H and O–H groups in total. The Morgan fingerprint density at radius 2 is 2.00 bits per heavy atom. The molecule has 0 fully saturated rings. The van der Waals surface area contributed by atoms with Crippen LogP contribution in [0.5, 0.6) is 11.5 Å². The maximum atomic E-state index is 11.1. The van der Waals surface area contributed by atoms with Gasteiger partial charge in [-0.05, 0) is 19.1 Å². The number of benzene rings is 1. The lowest BCUT2D eigenvalue weighted by molar-refractivity contribution is 0.311. The Hall–Kier alpha value is -1.23. The summed E-state index contributed by atoms with van der Waals surface area (Å²) in [6.07, 6.45) is 1.20. The minimum Gasteiger partial charge on any atom is -0.493 e. The van der Waals surface area contributed by atoms with Crippen molar-refractivity contribution in [3.8, 4) is 11.5 Å². The van der Waals surface area contributed by atoms with E-state index in [0.29, 0.717) is 24.1 Å². The number of anilines is 1. The average molecular weight is 457 g/mol. The maximum Gasteiger partial charge on any atom is 0.195 e. The molecule has 0 saturated heterocycles. The first kappa shape index (κ1) is 21.8. The fourth-order valence-corrected chi connectivity index (χ4v) is 2.16. The first-order valence-electron chi connectivity index (χ1n) is 6.85. The smallest absolute Gasteiger partial charge is 0.195 e. The van der Waals surface area contributed by atoms with Crippen molar-refractivity contribution in [2.24, 2.45) is 4.99 Å². The van der Waals surface area contributed by atoms with Gasteiger partial charge in [-0.3, -0.25) is 4.99 Å². The molecular weight excluding hydrogens is 433 g/mol. The third-order valence-electron chi connectivity index (χ3n) is 2.72. The van der Waals surface area contributed by atoms with Gasteiger partial charge in [0, 0.05) is 31.6 Å². The lowest BCUT2D eigenvalue weighted by atomic mass is 10.2. The zero-order valence-corrected chi connectivity index (χ0v) is 16.9. The van der Waals surface area contributed by atoms with Gasteiger partial charge in [0.25, 0.3) is 0 Å². The molecule has 1 aromatic carbocycles. The molecule has 0 amide bonds. The number of nitrogens with zero attached hydrogens (tertiary/aromatic N) is 1. The summed E-state index contributed by atoms with van der Waals surface area (Å²) in [5.74, 6) is 1.80. The topological polar surface area (TPSA) is 89.0 Å². The molecule has 0 aliphatic rings. The Morgan fingerprint density at radius 3 is 2.52 bits per heavy atom. The van der Waals surface area contributed by atoms with Crippen LogP contribution in [-0.2, 0) is 9.84 Å². The third kappa shape index (κ3) is 8.26. The SMILES string of the molecule is CCOc1ccc(NC(=NC)NCCS(C)(=O)=O)cc1OC.I. The van der Waals surface area contributed by atoms with E-state index in [1.807, 2.05) is 13.0 Å². The summed E-state index contributed by atoms with van der Waals surface area (Å²) in [4.78, 5) is 4.04. The summed E-state index contributed by atoms with van der Waals surface area (Å²) in [7, 11) is 0.178. The summed E-state index contributed by atoms with van der Waals surface area (Å²) in [5, 5.41) is 6.01. The first-order chi connectivity index (χ1) is 10.4. The van der Waals surface area contributed by atoms with E-state index in [9.17, 15) is 8.42 Å². The predicted molar refractivity (Wildman–Crippen MR) is 104 cm³/mol. The van der Waals surface area contributed by atoms with Crippen LogP contribution in [0.4, 0.5) is 5.69 Å². The Bertz CT molecular complexity index is 620. The molecule has 0 spiro atoms. The molecule has 23 heavy (non-hydrogen) atoms. The Kier molecular flexibility index (Phi) is 9.96. The van der Waals surface area contributed by atoms with Crippen LogP contribution in [0.3, 0.4) is 0 Å². The van der Waals surface area contributed by atoms with Crippen molar-refractivity contribution in [3.63, 3.8) is 0 Å². The van der Waals surface area contributed by atoms with E-state index >= 15 is 0 Å². The second-order valence-electron chi connectivity index (χ2n) is 4.55. The summed E-state index contributed by atoms with van der Waals surface area (Å²) in [5.41, 5.74) is 0.757. The van der Waals surface area contributed by atoms with Crippen molar-refractivity contribution in [2.75, 3.05) is 44.6 Å². The minimum absolute atomic E-state index is 0. The summed E-state index contributed by atoms with van der Waals surface area (Å²) in [6, 6.07) is 5.42. The van der Waals surface area contributed by atoms with Gasteiger partial charge < -0.3 is 20.1 Å². The molecule has 7 nitrogen and oxygen atoms in total. The van der Waals surface area contributed by atoms with E-state index in [0.717, 1.165) is 5.69 Å². The monoisotopic (exact) mass is 457 g/mol. The highest BCUT2D eigenvalue weighted by Gasteiger charge is 2.07. The highest BCUT2D eigenvalue weighted by atomic mass is 127. The Morgan fingerprint density at radius 1 is 1.30 bits per heavy atom. The summed E-state index contributed by atoms with van der Waals surface area (Å²) < 4.78 is 32.9. The molecule has 1 aromatic rings. The van der Waals surface area contributed by atoms with Gasteiger partial charge in [0.1, 0.15) is 9.84 Å². The summed E-state index contributed by atoms with van der Waals surface area (Å²) >= 11 is 0. The van der Waals surface area contributed by atoms with Crippen molar-refractivity contribution in [3.05, 3.63) is 18.2 Å². The van der Waals surface area contributed by atoms with E-state index in [4.69, 9.17) is 9.47 Å². The molecule has 0 aromatic heterocycles. The molecule has 0 heterocycles. The number of guanidine groups is 1. The minimum atomic E-state index is -3.01. The van der Waals surface area contributed by atoms with Gasteiger partial charge >= 0.3 is 0 Å². The lowest BCUT2D eigenvalue weighted by Gasteiger charge is -2.14. The van der Waals surface area contributed by atoms with E-state index in [1.54, 1.807) is 26.3 Å². The molecule has 0 radical (unpaired) electrons. The molecule has 132 valence electrons. The van der Waals surface area contributed by atoms with Gasteiger partial charge in [0.05, 0.1) is 19.5 Å². The number of methoxy groups -OCH3 is 1. The molecular formula is C14H24IN3O4S. The zero-order chi connectivity index (χ0) is 16.6. The highest BCUT2D eigenvalue weighted by Crippen LogP contribution is 2.30. The number of hydrogen-bond donors (Lipinski definition) is 2. The maximum absolute atomic E-state index is 11.1. The van der Waals surface area contributed by atoms with Crippen LogP contribution in [-0.4, -0.2) is 53.7 Å². The fraction of sp³-hybridized carbons (Fsp3) is 0.500. The number of aliphatic imine (C=N–C) groups is 1. The van der Waals surface area contributed by atoms with Crippen molar-refractivity contribution < 1.29 is 17.9 Å². The van der Waals surface area contributed by atoms with Gasteiger partial charge in [-0.25, -0.2) is 8.42 Å². The van der Waals surface area contributed by atoms with Crippen LogP contribution in [0.2, 0.25) is 0 Å². The molecule has 0 aliphatic carbocycles. The van der Waals surface area contributed by atoms with E-state index in [-0.39, 0.29) is 36.3 Å². The highest BCUT2D eigenvalue weighted by molar-refractivity contribution is 14.0. The second kappa shape index (κ2) is 10.5. The van der Waals surface area contributed by atoms with Crippen LogP contribution >= 0.6 is 24.0 Å². The van der Waals surface area contributed by atoms with Crippen LogP contribution in [0.1, 0.15) is 6.92 Å². The fourth-order valence-electron chi connectivity index (χ4n) is 1.69. The van der Waals surface area contributed by atoms with Gasteiger partial charge in [0.15, 0.2) is 17.5 Å². The second-order valence-corrected chi connectivity index (χ2v) is 6.81. The molecule has 0 unspecified atom stereocenters. The van der Waals surface area contributed by atoms with Crippen molar-refractivity contribution >= 4 is 45.5 Å². The van der Waals surface area contributed by atoms with Crippen LogP contribution in [0, 0.1) is 0 Å². The van der Waals surface area contributed by atoms with Gasteiger partial charge in [-0.15, -0.1) is 24.0 Å². The Balaban J connectivity index is 0.00000484. The summed E-state index contributed by atoms with van der Waals surface area (Å²) in [6.45, 7) is 2.74. The zero-order valence-electron chi connectivity index (χ0n) is 13.8. The van der Waals surface area contributed by atoms with Crippen LogP contribution in [0.25, 0.3) is 0 Å². The molecule has 0 aliphatic heterocycles. The number of rotatable bonds is 7. The van der Waals surface area contributed by atoms with Crippen molar-refractivity contribution in [1.82, 2.24) is 5.32 Å². The number of sulfone groups is 1. The number of halogens is 1. The molecule has 0 bridgehead atoms. The van der Waals surface area contributed by atoms with E-state index in [1.165, 1.54) is 6.26 Å². The van der Waals surface area contributed by atoms with Gasteiger partial charge in [-0.1, -0.05) is 0 Å². The van der Waals surface area contributed by atoms with Crippen molar-refractivity contribution in [2.45, 2.75) is 6.92 Å². The van der Waals surface area contributed by atoms with Gasteiger partial charge in [0.2, 0.25) is 0 Å². The third-order valence-corrected chi connectivity index (χ3v) is 3.66. The van der Waals surface area contributed by atoms with E-state index < -0.39 is 9.84 Å². The first-order valence-corrected chi connectivity index (χ1v) is 8.92. The Labute approximate surface area is 154 Å². The number of ether oxygens (including phenoxy) is 2. The van der Waals surface area contributed by atoms with Crippen molar-refractivity contribution in [1.29, 1.82) is 0 Å². The van der Waals surface area contributed by atoms with Crippen LogP contribution in [0.15, 0.2) is 23.2 Å². The largest absolute Gasteiger partial charge is 0.493 e.